The second-order valence-corrected chi connectivity index (χ2v) is 4.83. The van der Waals surface area contributed by atoms with E-state index in [1.54, 1.807) is 0 Å². The molecule has 18 heavy (non-hydrogen) atoms. The number of anilines is 1. The van der Waals surface area contributed by atoms with Crippen molar-refractivity contribution in [3.63, 3.8) is 0 Å². The van der Waals surface area contributed by atoms with E-state index >= 15 is 0 Å². The van der Waals surface area contributed by atoms with Crippen molar-refractivity contribution in [1.82, 2.24) is 4.98 Å². The standard InChI is InChI=1S/C15H18N2O/c1-2-4-14-13(3-1)5-6-15(17-14)16-9-7-12-8-10-18-11-12/h1-6,12H,7-11H2,(H,16,17). The van der Waals surface area contributed by atoms with E-state index < -0.39 is 0 Å². The molecule has 3 heteroatoms. The molecule has 0 amide bonds. The number of ether oxygens (including phenoxy) is 1. The molecule has 0 aliphatic carbocycles. The van der Waals surface area contributed by atoms with Crippen molar-refractivity contribution in [1.29, 1.82) is 0 Å². The molecule has 0 spiro atoms. The first-order chi connectivity index (χ1) is 8.92. The van der Waals surface area contributed by atoms with Crippen LogP contribution < -0.4 is 5.32 Å². The second-order valence-electron chi connectivity index (χ2n) is 4.83. The maximum absolute atomic E-state index is 5.37. The monoisotopic (exact) mass is 242 g/mol. The predicted molar refractivity (Wildman–Crippen MR) is 73.8 cm³/mol. The Morgan fingerprint density at radius 3 is 3.06 bits per heavy atom. The zero-order chi connectivity index (χ0) is 12.2. The quantitative estimate of drug-likeness (QED) is 0.894. The van der Waals surface area contributed by atoms with Gasteiger partial charge in [-0.15, -0.1) is 0 Å². The average molecular weight is 242 g/mol. The Morgan fingerprint density at radius 1 is 1.22 bits per heavy atom. The van der Waals surface area contributed by atoms with E-state index in [9.17, 15) is 0 Å². The Balaban J connectivity index is 1.60. The van der Waals surface area contributed by atoms with Gasteiger partial charge in [0.2, 0.25) is 0 Å². The number of nitrogens with one attached hydrogen (secondary N) is 1. The van der Waals surface area contributed by atoms with Crippen molar-refractivity contribution in [3.8, 4) is 0 Å². The van der Waals surface area contributed by atoms with Gasteiger partial charge in [-0.1, -0.05) is 18.2 Å². The number of benzene rings is 1. The van der Waals surface area contributed by atoms with Gasteiger partial charge in [-0.3, -0.25) is 0 Å². The van der Waals surface area contributed by atoms with Crippen molar-refractivity contribution in [3.05, 3.63) is 36.4 Å². The fraction of sp³-hybridized carbons (Fsp3) is 0.400. The van der Waals surface area contributed by atoms with E-state index in [4.69, 9.17) is 4.74 Å². The Morgan fingerprint density at radius 2 is 2.17 bits per heavy atom. The van der Waals surface area contributed by atoms with Gasteiger partial charge >= 0.3 is 0 Å². The van der Waals surface area contributed by atoms with Crippen LogP contribution in [0.2, 0.25) is 0 Å². The van der Waals surface area contributed by atoms with Gasteiger partial charge in [0.15, 0.2) is 0 Å². The highest BCUT2D eigenvalue weighted by molar-refractivity contribution is 5.79. The SMILES string of the molecule is c1ccc2nc(NCCC3CCOC3)ccc2c1. The maximum Gasteiger partial charge on any atom is 0.126 e. The lowest BCUT2D eigenvalue weighted by molar-refractivity contribution is 0.185. The summed E-state index contributed by atoms with van der Waals surface area (Å²) in [7, 11) is 0. The molecule has 0 radical (unpaired) electrons. The summed E-state index contributed by atoms with van der Waals surface area (Å²) in [6.45, 7) is 2.82. The number of para-hydroxylation sites is 1. The van der Waals surface area contributed by atoms with Crippen LogP contribution in [0.25, 0.3) is 10.9 Å². The van der Waals surface area contributed by atoms with Crippen molar-refractivity contribution >= 4 is 16.7 Å². The van der Waals surface area contributed by atoms with Gasteiger partial charge in [0, 0.05) is 25.1 Å². The molecule has 3 rings (SSSR count). The molecular formula is C15H18N2O. The smallest absolute Gasteiger partial charge is 0.126 e. The number of fused-ring (bicyclic) bond motifs is 1. The fourth-order valence-corrected chi connectivity index (χ4v) is 2.38. The molecule has 1 fully saturated rings. The molecule has 0 bridgehead atoms. The lowest BCUT2D eigenvalue weighted by atomic mass is 10.1. The fourth-order valence-electron chi connectivity index (χ4n) is 2.38. The number of hydrogen-bond acceptors (Lipinski definition) is 3. The minimum Gasteiger partial charge on any atom is -0.381 e. The summed E-state index contributed by atoms with van der Waals surface area (Å²) in [5, 5.41) is 4.58. The van der Waals surface area contributed by atoms with E-state index in [1.165, 1.54) is 11.8 Å². The molecule has 0 saturated carbocycles. The largest absolute Gasteiger partial charge is 0.381 e. The predicted octanol–water partition coefficient (Wildman–Crippen LogP) is 3.07. The van der Waals surface area contributed by atoms with Crippen molar-refractivity contribution < 1.29 is 4.74 Å². The van der Waals surface area contributed by atoms with Crippen molar-refractivity contribution in [2.24, 2.45) is 5.92 Å². The topological polar surface area (TPSA) is 34.2 Å². The van der Waals surface area contributed by atoms with Crippen LogP contribution in [0, 0.1) is 5.92 Å². The van der Waals surface area contributed by atoms with Gasteiger partial charge in [-0.2, -0.15) is 0 Å². The lowest BCUT2D eigenvalue weighted by Gasteiger charge is -2.09. The van der Waals surface area contributed by atoms with Crippen LogP contribution >= 0.6 is 0 Å². The molecule has 1 saturated heterocycles. The van der Waals surface area contributed by atoms with Crippen LogP contribution in [0.3, 0.4) is 0 Å². The first kappa shape index (κ1) is 11.5. The maximum atomic E-state index is 5.37. The summed E-state index contributed by atoms with van der Waals surface area (Å²) >= 11 is 0. The normalized spacial score (nSPS) is 19.2. The summed E-state index contributed by atoms with van der Waals surface area (Å²) in [6.07, 6.45) is 2.36. The molecule has 1 aromatic heterocycles. The first-order valence-electron chi connectivity index (χ1n) is 6.59. The van der Waals surface area contributed by atoms with E-state index in [2.05, 4.69) is 22.4 Å². The van der Waals surface area contributed by atoms with Crippen LogP contribution in [0.15, 0.2) is 36.4 Å². The summed E-state index contributed by atoms with van der Waals surface area (Å²) in [5.74, 6) is 1.69. The van der Waals surface area contributed by atoms with E-state index in [0.29, 0.717) is 0 Å². The van der Waals surface area contributed by atoms with Crippen LogP contribution in [0.1, 0.15) is 12.8 Å². The highest BCUT2D eigenvalue weighted by Gasteiger charge is 2.14. The molecule has 1 atom stereocenters. The molecule has 2 heterocycles. The van der Waals surface area contributed by atoms with Gasteiger partial charge in [0.1, 0.15) is 5.82 Å². The van der Waals surface area contributed by atoms with Gasteiger partial charge < -0.3 is 10.1 Å². The van der Waals surface area contributed by atoms with E-state index in [1.807, 2.05) is 24.3 Å². The minimum absolute atomic E-state index is 0.720. The third-order valence-corrected chi connectivity index (χ3v) is 3.48. The number of aromatic nitrogens is 1. The third kappa shape index (κ3) is 2.62. The van der Waals surface area contributed by atoms with Gasteiger partial charge in [-0.05, 0) is 37.0 Å². The van der Waals surface area contributed by atoms with Crippen LogP contribution in [0.5, 0.6) is 0 Å². The molecule has 3 nitrogen and oxygen atoms in total. The number of pyridine rings is 1. The number of nitrogens with zero attached hydrogens (tertiary/aromatic N) is 1. The first-order valence-corrected chi connectivity index (χ1v) is 6.59. The van der Waals surface area contributed by atoms with Gasteiger partial charge in [0.25, 0.3) is 0 Å². The Bertz CT molecular complexity index is 521. The summed E-state index contributed by atoms with van der Waals surface area (Å²) in [5.41, 5.74) is 1.05. The molecular weight excluding hydrogens is 224 g/mol. The van der Waals surface area contributed by atoms with Crippen LogP contribution in [-0.2, 0) is 4.74 Å². The second kappa shape index (κ2) is 5.36. The summed E-state index contributed by atoms with van der Waals surface area (Å²) in [6, 6.07) is 12.4. The lowest BCUT2D eigenvalue weighted by Crippen LogP contribution is -2.09. The molecule has 1 unspecified atom stereocenters. The Hall–Kier alpha value is -1.61. The molecule has 2 aromatic rings. The van der Waals surface area contributed by atoms with Gasteiger partial charge in [-0.25, -0.2) is 4.98 Å². The zero-order valence-electron chi connectivity index (χ0n) is 10.4. The highest BCUT2D eigenvalue weighted by atomic mass is 16.5. The molecule has 1 N–H and O–H groups in total. The number of hydrogen-bond donors (Lipinski definition) is 1. The van der Waals surface area contributed by atoms with E-state index in [-0.39, 0.29) is 0 Å². The van der Waals surface area contributed by atoms with Crippen molar-refractivity contribution in [2.45, 2.75) is 12.8 Å². The van der Waals surface area contributed by atoms with Crippen LogP contribution in [0.4, 0.5) is 5.82 Å². The van der Waals surface area contributed by atoms with Crippen molar-refractivity contribution in [2.75, 3.05) is 25.1 Å². The molecule has 94 valence electrons. The highest BCUT2D eigenvalue weighted by Crippen LogP contribution is 2.17. The Labute approximate surface area is 107 Å². The summed E-state index contributed by atoms with van der Waals surface area (Å²) in [4.78, 5) is 4.60. The zero-order valence-corrected chi connectivity index (χ0v) is 10.4. The third-order valence-electron chi connectivity index (χ3n) is 3.48. The number of rotatable bonds is 4. The molecule has 1 aliphatic rings. The van der Waals surface area contributed by atoms with E-state index in [0.717, 1.165) is 43.4 Å². The molecule has 1 aromatic carbocycles. The minimum atomic E-state index is 0.720. The summed E-state index contributed by atoms with van der Waals surface area (Å²) < 4.78 is 5.37. The molecule has 1 aliphatic heterocycles. The average Bonchev–Trinajstić information content (AvgIpc) is 2.92. The Kier molecular flexibility index (Phi) is 3.42. The van der Waals surface area contributed by atoms with Gasteiger partial charge in [0.05, 0.1) is 5.52 Å². The van der Waals surface area contributed by atoms with Crippen LogP contribution in [-0.4, -0.2) is 24.7 Å².